The van der Waals surface area contributed by atoms with Crippen LogP contribution in [0.3, 0.4) is 0 Å². The summed E-state index contributed by atoms with van der Waals surface area (Å²) < 4.78 is 0. The molecule has 16 heavy (non-hydrogen) atoms. The largest absolute Gasteiger partial charge is 0.385 e. The number of hydrogen-bond donors (Lipinski definition) is 1. The van der Waals surface area contributed by atoms with Crippen molar-refractivity contribution in [3.8, 4) is 0 Å². The van der Waals surface area contributed by atoms with Gasteiger partial charge in [0.1, 0.15) is 11.4 Å². The van der Waals surface area contributed by atoms with E-state index in [0.717, 1.165) is 24.7 Å². The minimum Gasteiger partial charge on any atom is -0.385 e. The minimum atomic E-state index is -0.234. The lowest BCUT2D eigenvalue weighted by Gasteiger charge is -2.42. The molecule has 0 aromatic carbocycles. The van der Waals surface area contributed by atoms with E-state index in [-0.39, 0.29) is 11.6 Å². The Labute approximate surface area is 95.9 Å². The first kappa shape index (κ1) is 10.1. The van der Waals surface area contributed by atoms with Crippen molar-refractivity contribution in [2.24, 2.45) is 22.6 Å². The molecule has 0 radical (unpaired) electrons. The molecule has 2 unspecified atom stereocenters. The average Bonchev–Trinajstić information content (AvgIpc) is 3.08. The monoisotopic (exact) mass is 221 g/mol. The number of nitrogens with two attached hydrogens (primary N) is 1. The Morgan fingerprint density at radius 3 is 2.69 bits per heavy atom. The van der Waals surface area contributed by atoms with Gasteiger partial charge in [0.25, 0.3) is 0 Å². The molecule has 2 amide bonds. The highest BCUT2D eigenvalue weighted by molar-refractivity contribution is 6.05. The smallest absolute Gasteiger partial charge is 0.345 e. The molecule has 88 valence electrons. The average molecular weight is 221 g/mol. The van der Waals surface area contributed by atoms with Gasteiger partial charge in [-0.15, -0.1) is 0 Å². The number of hydrogen-bond acceptors (Lipinski definition) is 2. The number of carbonyl (C=O) groups is 1. The maximum Gasteiger partial charge on any atom is 0.345 e. The van der Waals surface area contributed by atoms with E-state index in [4.69, 9.17) is 5.73 Å². The quantitative estimate of drug-likeness (QED) is 0.733. The topological polar surface area (TPSA) is 58.7 Å². The highest BCUT2D eigenvalue weighted by atomic mass is 16.2. The number of likely N-dealkylation sites (N-methyl/N-ethyl adjacent to an activating group) is 1. The van der Waals surface area contributed by atoms with Crippen molar-refractivity contribution in [3.63, 3.8) is 0 Å². The molecule has 4 nitrogen and oxygen atoms in total. The van der Waals surface area contributed by atoms with Crippen molar-refractivity contribution < 1.29 is 4.79 Å². The van der Waals surface area contributed by atoms with Crippen LogP contribution in [0.15, 0.2) is 4.99 Å². The summed E-state index contributed by atoms with van der Waals surface area (Å²) in [7, 11) is 1.85. The summed E-state index contributed by atoms with van der Waals surface area (Å²) in [6.07, 6.45) is 7.25. The predicted molar refractivity (Wildman–Crippen MR) is 62.2 cm³/mol. The van der Waals surface area contributed by atoms with Gasteiger partial charge in [-0.25, -0.2) is 4.79 Å². The second kappa shape index (κ2) is 3.22. The molecule has 3 rings (SSSR count). The zero-order valence-electron chi connectivity index (χ0n) is 9.78. The molecule has 1 heterocycles. The Balaban J connectivity index is 1.86. The zero-order chi connectivity index (χ0) is 11.3. The lowest BCUT2D eigenvalue weighted by Crippen LogP contribution is -2.55. The van der Waals surface area contributed by atoms with Gasteiger partial charge in [0, 0.05) is 7.05 Å². The van der Waals surface area contributed by atoms with Crippen LogP contribution in [0.25, 0.3) is 0 Å². The fourth-order valence-corrected chi connectivity index (χ4v) is 3.44. The van der Waals surface area contributed by atoms with E-state index in [2.05, 4.69) is 4.99 Å². The molecule has 2 saturated carbocycles. The lowest BCUT2D eigenvalue weighted by atomic mass is 9.73. The van der Waals surface area contributed by atoms with Gasteiger partial charge in [-0.2, -0.15) is 4.99 Å². The summed E-state index contributed by atoms with van der Waals surface area (Å²) in [4.78, 5) is 17.3. The van der Waals surface area contributed by atoms with E-state index >= 15 is 0 Å². The van der Waals surface area contributed by atoms with Gasteiger partial charge in [-0.3, -0.25) is 0 Å². The maximum atomic E-state index is 11.6. The van der Waals surface area contributed by atoms with Crippen molar-refractivity contribution in [1.82, 2.24) is 4.90 Å². The van der Waals surface area contributed by atoms with E-state index in [1.165, 1.54) is 25.7 Å². The van der Waals surface area contributed by atoms with Gasteiger partial charge in [-0.1, -0.05) is 6.42 Å². The van der Waals surface area contributed by atoms with E-state index in [1.54, 1.807) is 4.90 Å². The molecule has 0 bridgehead atoms. The first-order valence-electron chi connectivity index (χ1n) is 6.26. The van der Waals surface area contributed by atoms with Crippen LogP contribution in [0.1, 0.15) is 38.5 Å². The molecule has 3 aliphatic rings. The fraction of sp³-hybridized carbons (Fsp3) is 0.833. The summed E-state index contributed by atoms with van der Waals surface area (Å²) in [6, 6.07) is -0.158. The number of urea groups is 1. The van der Waals surface area contributed by atoms with E-state index < -0.39 is 0 Å². The van der Waals surface area contributed by atoms with Crippen LogP contribution in [-0.2, 0) is 0 Å². The lowest BCUT2D eigenvalue weighted by molar-refractivity contribution is 0.132. The molecular weight excluding hydrogens is 202 g/mol. The summed E-state index contributed by atoms with van der Waals surface area (Å²) in [5, 5.41) is 0. The molecule has 2 aliphatic carbocycles. The maximum absolute atomic E-state index is 11.6. The molecular formula is C12H19N3O. The fourth-order valence-electron chi connectivity index (χ4n) is 3.44. The van der Waals surface area contributed by atoms with E-state index in [0.29, 0.717) is 5.84 Å². The van der Waals surface area contributed by atoms with Crippen LogP contribution in [0.5, 0.6) is 0 Å². The Bertz CT molecular complexity index is 361. The Kier molecular flexibility index (Phi) is 2.03. The van der Waals surface area contributed by atoms with E-state index in [1.807, 2.05) is 7.05 Å². The van der Waals surface area contributed by atoms with Crippen LogP contribution < -0.4 is 5.73 Å². The molecule has 2 N–H and O–H groups in total. The third kappa shape index (κ3) is 1.28. The number of aliphatic imine (C=N–C) groups is 1. The van der Waals surface area contributed by atoms with Crippen molar-refractivity contribution in [2.75, 3.05) is 7.05 Å². The first-order chi connectivity index (χ1) is 7.63. The van der Waals surface area contributed by atoms with Gasteiger partial charge in [0.15, 0.2) is 0 Å². The molecule has 1 aliphatic heterocycles. The number of carbonyl (C=O) groups excluding carboxylic acids is 1. The van der Waals surface area contributed by atoms with Crippen molar-refractivity contribution in [2.45, 2.75) is 44.1 Å². The van der Waals surface area contributed by atoms with Crippen LogP contribution in [-0.4, -0.2) is 29.4 Å². The third-order valence-electron chi connectivity index (χ3n) is 4.68. The Hall–Kier alpha value is -1.06. The summed E-state index contributed by atoms with van der Waals surface area (Å²) in [5.74, 6) is 2.22. The van der Waals surface area contributed by atoms with E-state index in [9.17, 15) is 4.79 Å². The molecule has 1 spiro atoms. The van der Waals surface area contributed by atoms with Gasteiger partial charge in [-0.05, 0) is 43.9 Å². The molecule has 4 heteroatoms. The normalized spacial score (nSPS) is 39.3. The van der Waals surface area contributed by atoms with Crippen molar-refractivity contribution in [1.29, 1.82) is 0 Å². The number of rotatable bonds is 1. The van der Waals surface area contributed by atoms with Gasteiger partial charge in [0.2, 0.25) is 0 Å². The summed E-state index contributed by atoms with van der Waals surface area (Å²) >= 11 is 0. The summed E-state index contributed by atoms with van der Waals surface area (Å²) in [5.41, 5.74) is 5.76. The molecule has 2 fully saturated rings. The summed E-state index contributed by atoms with van der Waals surface area (Å²) in [6.45, 7) is 0. The van der Waals surface area contributed by atoms with Crippen molar-refractivity contribution in [3.05, 3.63) is 0 Å². The number of amides is 2. The Morgan fingerprint density at radius 2 is 2.12 bits per heavy atom. The second-order valence-electron chi connectivity index (χ2n) is 5.56. The van der Waals surface area contributed by atoms with Gasteiger partial charge < -0.3 is 10.6 Å². The standard InChI is InChI=1S/C12H19N3O/c1-15-11(16)14-10(13)12(15)6-2-3-9(7-12)8-4-5-8/h8-9H,2-7H2,1H3,(H2,13,14,16). The molecule has 2 atom stereocenters. The van der Waals surface area contributed by atoms with Crippen molar-refractivity contribution >= 4 is 11.9 Å². The SMILES string of the molecule is CN1C(=O)N=C(N)C12CCCC(C1CC1)C2. The Morgan fingerprint density at radius 1 is 1.38 bits per heavy atom. The van der Waals surface area contributed by atoms with Crippen LogP contribution in [0.4, 0.5) is 4.79 Å². The number of nitrogens with zero attached hydrogens (tertiary/aromatic N) is 2. The third-order valence-corrected chi connectivity index (χ3v) is 4.68. The van der Waals surface area contributed by atoms with Gasteiger partial charge >= 0.3 is 6.03 Å². The highest BCUT2D eigenvalue weighted by Gasteiger charge is 2.51. The second-order valence-corrected chi connectivity index (χ2v) is 5.56. The molecule has 0 aromatic heterocycles. The number of amidine groups is 1. The van der Waals surface area contributed by atoms with Crippen LogP contribution in [0.2, 0.25) is 0 Å². The van der Waals surface area contributed by atoms with Crippen LogP contribution in [0, 0.1) is 11.8 Å². The molecule has 0 aromatic rings. The predicted octanol–water partition coefficient (Wildman–Crippen LogP) is 1.75. The zero-order valence-corrected chi connectivity index (χ0v) is 9.78. The minimum absolute atomic E-state index is 0.158. The first-order valence-corrected chi connectivity index (χ1v) is 6.26. The molecule has 0 saturated heterocycles. The highest BCUT2D eigenvalue weighted by Crippen LogP contribution is 2.49. The van der Waals surface area contributed by atoms with Crippen LogP contribution >= 0.6 is 0 Å². The van der Waals surface area contributed by atoms with Gasteiger partial charge in [0.05, 0.1) is 0 Å².